The first kappa shape index (κ1) is 28.0. The van der Waals surface area contributed by atoms with Crippen molar-refractivity contribution in [3.8, 4) is 0 Å². The molecule has 1 aromatic carbocycles. The van der Waals surface area contributed by atoms with Crippen LogP contribution in [0.2, 0.25) is 0 Å². The van der Waals surface area contributed by atoms with Gasteiger partial charge >= 0.3 is 23.9 Å². The maximum atomic E-state index is 12.9. The number of benzene rings is 1. The monoisotopic (exact) mass is 674 g/mol. The number of carbonyl (C=O) groups excluding carboxylic acids is 4. The maximum absolute atomic E-state index is 12.9. The van der Waals surface area contributed by atoms with Gasteiger partial charge in [-0.25, -0.2) is 19.2 Å². The van der Waals surface area contributed by atoms with Gasteiger partial charge in [-0.05, 0) is 59.6 Å². The Balaban J connectivity index is 2.10. The fourth-order valence-electron chi connectivity index (χ4n) is 2.99. The number of rotatable bonds is 8. The largest absolute Gasteiger partial charge is 0.464 e. The molecular weight excluding hydrogens is 656 g/mol. The van der Waals surface area contributed by atoms with Crippen molar-refractivity contribution >= 4 is 103 Å². The van der Waals surface area contributed by atoms with Crippen molar-refractivity contribution in [2.24, 2.45) is 0 Å². The van der Waals surface area contributed by atoms with Crippen LogP contribution in [0.25, 0.3) is 0 Å². The summed E-state index contributed by atoms with van der Waals surface area (Å²) in [6.45, 7) is 7.04. The van der Waals surface area contributed by atoms with Crippen LogP contribution in [0, 0.1) is 0 Å². The first-order chi connectivity index (χ1) is 16.1. The Morgan fingerprint density at radius 2 is 0.765 bits per heavy atom. The van der Waals surface area contributed by atoms with Crippen LogP contribution in [0.15, 0.2) is 28.5 Å². The van der Waals surface area contributed by atoms with Gasteiger partial charge in [0.2, 0.25) is 0 Å². The van der Waals surface area contributed by atoms with Gasteiger partial charge in [-0.15, -0.1) is 0 Å². The minimum atomic E-state index is -1.68. The van der Waals surface area contributed by atoms with Gasteiger partial charge in [0.25, 0.3) is 8.16 Å². The van der Waals surface area contributed by atoms with E-state index in [0.717, 1.165) is 47.0 Å². The van der Waals surface area contributed by atoms with E-state index in [9.17, 15) is 19.2 Å². The lowest BCUT2D eigenvalue weighted by Crippen LogP contribution is -2.41. The van der Waals surface area contributed by atoms with E-state index in [0.29, 0.717) is 28.5 Å². The summed E-state index contributed by atoms with van der Waals surface area (Å²) in [5.74, 6) is -2.87. The predicted octanol–water partition coefficient (Wildman–Crippen LogP) is 5.25. The molecule has 34 heavy (non-hydrogen) atoms. The zero-order chi connectivity index (χ0) is 25.3. The molecule has 0 atom stereocenters. The number of ether oxygens (including phenoxy) is 4. The summed E-state index contributed by atoms with van der Waals surface area (Å²) in [6.07, 6.45) is 0. The van der Waals surface area contributed by atoms with Crippen LogP contribution in [0.4, 0.5) is 0 Å². The van der Waals surface area contributed by atoms with Gasteiger partial charge in [-0.2, -0.15) is 0 Å². The molecule has 2 aliphatic rings. The van der Waals surface area contributed by atoms with Crippen molar-refractivity contribution in [3.05, 3.63) is 8.95 Å². The van der Waals surface area contributed by atoms with Gasteiger partial charge in [0.1, 0.15) is 0 Å². The molecule has 0 amide bonds. The molecule has 0 spiro atoms. The van der Waals surface area contributed by atoms with Gasteiger partial charge < -0.3 is 18.9 Å². The summed E-state index contributed by atoms with van der Waals surface area (Å²) in [7, 11) is 0. The van der Waals surface area contributed by atoms with Crippen molar-refractivity contribution in [1.82, 2.24) is 0 Å². The molecule has 0 saturated heterocycles. The van der Waals surface area contributed by atoms with E-state index >= 15 is 0 Å². The molecule has 0 N–H and O–H groups in total. The summed E-state index contributed by atoms with van der Waals surface area (Å²) in [5, 5.41) is 0. The quantitative estimate of drug-likeness (QED) is 0.204. The molecule has 3 rings (SSSR count). The Hall–Kier alpha value is -0.540. The second-order valence-corrected chi connectivity index (χ2v) is 13.5. The minimum absolute atomic E-state index is 0.101. The lowest BCUT2D eigenvalue weighted by Gasteiger charge is -2.23. The van der Waals surface area contributed by atoms with Crippen LogP contribution in [-0.4, -0.2) is 58.5 Å². The zero-order valence-corrected chi connectivity index (χ0v) is 24.9. The molecule has 2 heterocycles. The molecule has 0 unspecified atom stereocenters. The van der Waals surface area contributed by atoms with Crippen LogP contribution in [-0.2, 0) is 38.1 Å². The molecule has 2 aliphatic heterocycles. The SMILES string of the molecule is CCOC(=O)C1(C(=O)OCC)Sc2c(Br)c3c(c(Br)c2S1)SC(C(=O)OCC)(C(=O)OCC)S3. The molecule has 1 aromatic rings. The smallest absolute Gasteiger partial charge is 0.345 e. The molecule has 186 valence electrons. The van der Waals surface area contributed by atoms with E-state index in [4.69, 9.17) is 18.9 Å². The van der Waals surface area contributed by atoms with E-state index in [1.165, 1.54) is 0 Å². The highest BCUT2D eigenvalue weighted by molar-refractivity contribution is 9.11. The van der Waals surface area contributed by atoms with Gasteiger partial charge in [0, 0.05) is 28.5 Å². The fourth-order valence-corrected chi connectivity index (χ4v) is 11.1. The molecule has 8 nitrogen and oxygen atoms in total. The Morgan fingerprint density at radius 1 is 0.559 bits per heavy atom. The molecule has 0 saturated carbocycles. The van der Waals surface area contributed by atoms with Crippen LogP contribution < -0.4 is 0 Å². The van der Waals surface area contributed by atoms with Crippen molar-refractivity contribution in [1.29, 1.82) is 0 Å². The maximum Gasteiger partial charge on any atom is 0.345 e. The topological polar surface area (TPSA) is 105 Å². The minimum Gasteiger partial charge on any atom is -0.464 e. The van der Waals surface area contributed by atoms with Crippen molar-refractivity contribution < 1.29 is 38.1 Å². The Bertz CT molecular complexity index is 890. The average Bonchev–Trinajstić information content (AvgIpc) is 3.41. The third-order valence-corrected chi connectivity index (χ3v) is 13.2. The van der Waals surface area contributed by atoms with E-state index in [1.807, 2.05) is 0 Å². The molecule has 0 aromatic heterocycles. The lowest BCUT2D eigenvalue weighted by molar-refractivity contribution is -0.156. The molecule has 14 heteroatoms. The van der Waals surface area contributed by atoms with Crippen LogP contribution >= 0.6 is 78.9 Å². The average molecular weight is 676 g/mol. The molecule has 0 fully saturated rings. The van der Waals surface area contributed by atoms with Crippen molar-refractivity contribution in [2.75, 3.05) is 26.4 Å². The summed E-state index contributed by atoms with van der Waals surface area (Å²) in [6, 6.07) is 0. The number of thioether (sulfide) groups is 4. The summed E-state index contributed by atoms with van der Waals surface area (Å²) < 4.78 is 18.6. The number of fused-ring (bicyclic) bond motifs is 2. The number of esters is 4. The summed E-state index contributed by atoms with van der Waals surface area (Å²) in [5.41, 5.74) is 0. The highest BCUT2D eigenvalue weighted by atomic mass is 79.9. The van der Waals surface area contributed by atoms with E-state index < -0.39 is 32.0 Å². The number of hydrogen-bond acceptors (Lipinski definition) is 12. The van der Waals surface area contributed by atoms with E-state index in [2.05, 4.69) is 31.9 Å². The standard InChI is InChI=1S/C20H20Br2O8S4/c1-5-27-15(23)19(16(24)28-6-2)31-11-9(21)13-14(10(22)12(11)32-19)34-20(33-13,17(25)29-7-3)18(26)30-8-4/h5-8H2,1-4H3. The molecule has 0 aliphatic carbocycles. The normalized spacial score (nSPS) is 16.9. The Morgan fingerprint density at radius 3 is 0.941 bits per heavy atom. The van der Waals surface area contributed by atoms with E-state index in [-0.39, 0.29) is 26.4 Å². The number of hydrogen-bond donors (Lipinski definition) is 0. The van der Waals surface area contributed by atoms with Gasteiger partial charge in [-0.1, -0.05) is 47.0 Å². The third kappa shape index (κ3) is 4.62. The van der Waals surface area contributed by atoms with Gasteiger partial charge in [0.15, 0.2) is 0 Å². The van der Waals surface area contributed by atoms with Crippen LogP contribution in [0.1, 0.15) is 27.7 Å². The fraction of sp³-hybridized carbons (Fsp3) is 0.500. The Kier molecular flexibility index (Phi) is 9.27. The zero-order valence-electron chi connectivity index (χ0n) is 18.5. The molecule has 0 bridgehead atoms. The second-order valence-electron chi connectivity index (χ2n) is 6.47. The number of carbonyl (C=O) groups is 4. The number of halogens is 2. The predicted molar refractivity (Wildman–Crippen MR) is 137 cm³/mol. The molecular formula is C20H20Br2O8S4. The van der Waals surface area contributed by atoms with Gasteiger partial charge in [-0.3, -0.25) is 0 Å². The van der Waals surface area contributed by atoms with Crippen LogP contribution in [0.3, 0.4) is 0 Å². The highest BCUT2D eigenvalue weighted by Crippen LogP contribution is 2.69. The summed E-state index contributed by atoms with van der Waals surface area (Å²) in [4.78, 5) is 54.1. The van der Waals surface area contributed by atoms with Crippen molar-refractivity contribution in [2.45, 2.75) is 55.4 Å². The third-order valence-electron chi connectivity index (χ3n) is 4.37. The first-order valence-corrected chi connectivity index (χ1v) is 15.0. The van der Waals surface area contributed by atoms with Gasteiger partial charge in [0.05, 0.1) is 26.4 Å². The first-order valence-electron chi connectivity index (χ1n) is 10.1. The molecule has 0 radical (unpaired) electrons. The summed E-state index contributed by atoms with van der Waals surface area (Å²) >= 11 is 11.2. The lowest BCUT2D eigenvalue weighted by atomic mass is 10.3. The highest BCUT2D eigenvalue weighted by Gasteiger charge is 2.61. The Labute approximate surface area is 230 Å². The van der Waals surface area contributed by atoms with E-state index in [1.54, 1.807) is 27.7 Å². The van der Waals surface area contributed by atoms with Crippen molar-refractivity contribution in [3.63, 3.8) is 0 Å². The van der Waals surface area contributed by atoms with Crippen LogP contribution in [0.5, 0.6) is 0 Å². The second kappa shape index (κ2) is 11.2.